The number of unbranched alkanes of at least 4 members (excludes halogenated alkanes) is 1. The van der Waals surface area contributed by atoms with Crippen molar-refractivity contribution in [3.05, 3.63) is 29.8 Å². The molecule has 0 radical (unpaired) electrons. The van der Waals surface area contributed by atoms with Gasteiger partial charge in [0.25, 0.3) is 0 Å². The Labute approximate surface area is 123 Å². The highest BCUT2D eigenvalue weighted by molar-refractivity contribution is 5.27. The molecule has 0 spiro atoms. The van der Waals surface area contributed by atoms with E-state index in [4.69, 9.17) is 4.74 Å². The minimum absolute atomic E-state index is 0.587. The summed E-state index contributed by atoms with van der Waals surface area (Å²) in [6.45, 7) is 9.81. The Balaban J connectivity index is 1.71. The van der Waals surface area contributed by atoms with Gasteiger partial charge in [-0.15, -0.1) is 0 Å². The maximum Gasteiger partial charge on any atom is 0.119 e. The number of benzene rings is 1. The van der Waals surface area contributed by atoms with E-state index < -0.39 is 0 Å². The van der Waals surface area contributed by atoms with Gasteiger partial charge >= 0.3 is 0 Å². The van der Waals surface area contributed by atoms with E-state index in [1.54, 1.807) is 0 Å². The van der Waals surface area contributed by atoms with Crippen LogP contribution in [0.25, 0.3) is 0 Å². The maximum absolute atomic E-state index is 5.68. The monoisotopic (exact) mass is 275 g/mol. The van der Waals surface area contributed by atoms with E-state index in [1.165, 1.54) is 24.8 Å². The van der Waals surface area contributed by atoms with Crippen molar-refractivity contribution in [2.75, 3.05) is 13.2 Å². The largest absolute Gasteiger partial charge is 0.494 e. The summed E-state index contributed by atoms with van der Waals surface area (Å²) in [5, 5.41) is 3.62. The Kier molecular flexibility index (Phi) is 5.47. The molecule has 0 saturated heterocycles. The summed E-state index contributed by atoms with van der Waals surface area (Å²) < 4.78 is 5.68. The third-order valence-corrected chi connectivity index (χ3v) is 4.61. The van der Waals surface area contributed by atoms with E-state index in [-0.39, 0.29) is 0 Å². The SMILES string of the molecule is CCCCOc1ccc(CNCC2(C(C)C)CC2)cc1. The fraction of sp³-hybridized carbons (Fsp3) is 0.667. The molecular weight excluding hydrogens is 246 g/mol. The Morgan fingerprint density at radius 3 is 2.45 bits per heavy atom. The van der Waals surface area contributed by atoms with Crippen molar-refractivity contribution < 1.29 is 4.74 Å². The maximum atomic E-state index is 5.68. The third kappa shape index (κ3) is 4.24. The molecule has 1 aromatic rings. The van der Waals surface area contributed by atoms with Crippen LogP contribution in [0.3, 0.4) is 0 Å². The molecule has 0 bridgehead atoms. The number of nitrogens with one attached hydrogen (secondary N) is 1. The predicted octanol–water partition coefficient (Wildman–Crippen LogP) is 4.39. The van der Waals surface area contributed by atoms with Gasteiger partial charge in [-0.2, -0.15) is 0 Å². The lowest BCUT2D eigenvalue weighted by Gasteiger charge is -2.20. The van der Waals surface area contributed by atoms with Gasteiger partial charge in [0.15, 0.2) is 0 Å². The summed E-state index contributed by atoms with van der Waals surface area (Å²) in [5.41, 5.74) is 1.93. The normalized spacial score (nSPS) is 16.4. The summed E-state index contributed by atoms with van der Waals surface area (Å²) >= 11 is 0. The first-order valence-electron chi connectivity index (χ1n) is 8.09. The molecule has 2 heteroatoms. The number of ether oxygens (including phenoxy) is 1. The Bertz CT molecular complexity index is 392. The van der Waals surface area contributed by atoms with Crippen LogP contribution < -0.4 is 10.1 Å². The van der Waals surface area contributed by atoms with Gasteiger partial charge in [0.1, 0.15) is 5.75 Å². The van der Waals surface area contributed by atoms with Gasteiger partial charge in [-0.05, 0) is 48.3 Å². The molecule has 1 aromatic carbocycles. The Morgan fingerprint density at radius 1 is 1.20 bits per heavy atom. The van der Waals surface area contributed by atoms with Crippen molar-refractivity contribution in [3.8, 4) is 5.75 Å². The average Bonchev–Trinajstić information content (AvgIpc) is 3.22. The van der Waals surface area contributed by atoms with Gasteiger partial charge in [-0.25, -0.2) is 0 Å². The molecule has 0 amide bonds. The van der Waals surface area contributed by atoms with Crippen molar-refractivity contribution in [3.63, 3.8) is 0 Å². The van der Waals surface area contributed by atoms with Crippen LogP contribution in [-0.2, 0) is 6.54 Å². The van der Waals surface area contributed by atoms with Gasteiger partial charge in [0, 0.05) is 13.1 Å². The molecule has 1 saturated carbocycles. The third-order valence-electron chi connectivity index (χ3n) is 4.61. The van der Waals surface area contributed by atoms with E-state index in [2.05, 4.69) is 50.4 Å². The van der Waals surface area contributed by atoms with Crippen LogP contribution >= 0.6 is 0 Å². The smallest absolute Gasteiger partial charge is 0.119 e. The fourth-order valence-corrected chi connectivity index (χ4v) is 2.61. The van der Waals surface area contributed by atoms with Crippen molar-refractivity contribution in [2.24, 2.45) is 11.3 Å². The van der Waals surface area contributed by atoms with E-state index >= 15 is 0 Å². The number of rotatable bonds is 9. The summed E-state index contributed by atoms with van der Waals surface area (Å²) in [6, 6.07) is 8.51. The first-order valence-corrected chi connectivity index (χ1v) is 8.09. The van der Waals surface area contributed by atoms with Crippen LogP contribution in [0, 0.1) is 11.3 Å². The van der Waals surface area contributed by atoms with E-state index in [1.807, 2.05) is 0 Å². The predicted molar refractivity (Wildman–Crippen MR) is 85.1 cm³/mol. The molecule has 1 aliphatic rings. The summed E-state index contributed by atoms with van der Waals surface area (Å²) in [4.78, 5) is 0. The first-order chi connectivity index (χ1) is 9.66. The summed E-state index contributed by atoms with van der Waals surface area (Å²) in [7, 11) is 0. The van der Waals surface area contributed by atoms with Crippen molar-refractivity contribution in [1.29, 1.82) is 0 Å². The van der Waals surface area contributed by atoms with Crippen LogP contribution in [0.5, 0.6) is 5.75 Å². The van der Waals surface area contributed by atoms with E-state index in [0.717, 1.165) is 37.8 Å². The molecule has 1 aliphatic carbocycles. The molecule has 1 fully saturated rings. The molecule has 20 heavy (non-hydrogen) atoms. The molecule has 0 heterocycles. The Hall–Kier alpha value is -1.02. The van der Waals surface area contributed by atoms with Crippen molar-refractivity contribution in [2.45, 2.75) is 53.0 Å². The van der Waals surface area contributed by atoms with Gasteiger partial charge in [-0.3, -0.25) is 0 Å². The van der Waals surface area contributed by atoms with Crippen LogP contribution in [0.4, 0.5) is 0 Å². The summed E-state index contributed by atoms with van der Waals surface area (Å²) in [5.74, 6) is 1.78. The lowest BCUT2D eigenvalue weighted by molar-refractivity contribution is 0.309. The Morgan fingerprint density at radius 2 is 1.90 bits per heavy atom. The zero-order valence-corrected chi connectivity index (χ0v) is 13.2. The van der Waals surface area contributed by atoms with Gasteiger partial charge < -0.3 is 10.1 Å². The topological polar surface area (TPSA) is 21.3 Å². The first kappa shape index (κ1) is 15.4. The highest BCUT2D eigenvalue weighted by Gasteiger charge is 2.44. The van der Waals surface area contributed by atoms with Gasteiger partial charge in [0.2, 0.25) is 0 Å². The molecule has 0 atom stereocenters. The standard InChI is InChI=1S/C18H29NO/c1-4-5-12-20-17-8-6-16(7-9-17)13-19-14-18(10-11-18)15(2)3/h6-9,15,19H,4-5,10-14H2,1-3H3. The van der Waals surface area contributed by atoms with Gasteiger partial charge in [-0.1, -0.05) is 39.3 Å². The average molecular weight is 275 g/mol. The minimum atomic E-state index is 0.587. The molecule has 112 valence electrons. The van der Waals surface area contributed by atoms with Crippen LogP contribution in [0.2, 0.25) is 0 Å². The second-order valence-electron chi connectivity index (χ2n) is 6.47. The highest BCUT2D eigenvalue weighted by atomic mass is 16.5. The van der Waals surface area contributed by atoms with Crippen LogP contribution in [0.15, 0.2) is 24.3 Å². The zero-order chi connectivity index (χ0) is 14.4. The van der Waals surface area contributed by atoms with E-state index in [9.17, 15) is 0 Å². The molecule has 2 rings (SSSR count). The highest BCUT2D eigenvalue weighted by Crippen LogP contribution is 2.51. The van der Waals surface area contributed by atoms with Crippen molar-refractivity contribution in [1.82, 2.24) is 5.32 Å². The van der Waals surface area contributed by atoms with Crippen LogP contribution in [0.1, 0.15) is 52.0 Å². The summed E-state index contributed by atoms with van der Waals surface area (Å²) in [6.07, 6.45) is 5.09. The number of hydrogen-bond donors (Lipinski definition) is 1. The molecule has 0 unspecified atom stereocenters. The van der Waals surface area contributed by atoms with Crippen molar-refractivity contribution >= 4 is 0 Å². The second kappa shape index (κ2) is 7.12. The van der Waals surface area contributed by atoms with Crippen LogP contribution in [-0.4, -0.2) is 13.2 Å². The lowest BCUT2D eigenvalue weighted by atomic mass is 9.92. The lowest BCUT2D eigenvalue weighted by Crippen LogP contribution is -2.27. The molecule has 0 aliphatic heterocycles. The van der Waals surface area contributed by atoms with Gasteiger partial charge in [0.05, 0.1) is 6.61 Å². The molecule has 1 N–H and O–H groups in total. The number of hydrogen-bond acceptors (Lipinski definition) is 2. The fourth-order valence-electron chi connectivity index (χ4n) is 2.61. The molecule has 0 aromatic heterocycles. The zero-order valence-electron chi connectivity index (χ0n) is 13.2. The molecular formula is C18H29NO. The second-order valence-corrected chi connectivity index (χ2v) is 6.47. The quantitative estimate of drug-likeness (QED) is 0.675. The van der Waals surface area contributed by atoms with E-state index in [0.29, 0.717) is 5.41 Å². The minimum Gasteiger partial charge on any atom is -0.494 e. The molecule has 2 nitrogen and oxygen atoms in total.